The van der Waals surface area contributed by atoms with Crippen LogP contribution in [0.15, 0.2) is 16.3 Å². The summed E-state index contributed by atoms with van der Waals surface area (Å²) in [5.74, 6) is -0.665. The van der Waals surface area contributed by atoms with Gasteiger partial charge in [-0.05, 0) is 31.7 Å². The quantitative estimate of drug-likeness (QED) is 0.898. The van der Waals surface area contributed by atoms with Crippen molar-refractivity contribution in [2.75, 3.05) is 7.05 Å². The molecule has 0 bridgehead atoms. The van der Waals surface area contributed by atoms with Crippen molar-refractivity contribution in [3.05, 3.63) is 16.3 Å². The molecule has 0 saturated heterocycles. The first-order chi connectivity index (χ1) is 8.34. The summed E-state index contributed by atoms with van der Waals surface area (Å²) in [6.07, 6.45) is 2.12. The minimum absolute atomic E-state index is 0.0387. The molecule has 5 nitrogen and oxygen atoms in total. The fourth-order valence-electron chi connectivity index (χ4n) is 1.83. The lowest BCUT2D eigenvalue weighted by Crippen LogP contribution is -2.36. The zero-order valence-corrected chi connectivity index (χ0v) is 11.8. The van der Waals surface area contributed by atoms with Crippen molar-refractivity contribution in [3.63, 3.8) is 0 Å². The number of carboxylic acid groups (broad SMARTS) is 1. The number of sulfonamides is 1. The molecule has 1 fully saturated rings. The molecule has 0 aromatic carbocycles. The van der Waals surface area contributed by atoms with Crippen molar-refractivity contribution < 1.29 is 18.3 Å². The fraction of sp³-hybridized carbons (Fsp3) is 0.545. The third-order valence-corrected chi connectivity index (χ3v) is 6.33. The van der Waals surface area contributed by atoms with Crippen LogP contribution in [0, 0.1) is 5.92 Å². The Balaban J connectivity index is 2.26. The molecular weight excluding hydrogens is 274 g/mol. The van der Waals surface area contributed by atoms with E-state index in [0.29, 0.717) is 5.92 Å². The lowest BCUT2D eigenvalue weighted by molar-refractivity contribution is 0.0702. The highest BCUT2D eigenvalue weighted by molar-refractivity contribution is 7.89. The van der Waals surface area contributed by atoms with Gasteiger partial charge in [-0.25, -0.2) is 13.2 Å². The van der Waals surface area contributed by atoms with Gasteiger partial charge < -0.3 is 5.11 Å². The van der Waals surface area contributed by atoms with E-state index in [-0.39, 0.29) is 15.8 Å². The molecule has 0 aliphatic heterocycles. The Bertz CT molecular complexity index is 559. The average molecular weight is 289 g/mol. The molecule has 1 aromatic heterocycles. The van der Waals surface area contributed by atoms with E-state index in [4.69, 9.17) is 5.11 Å². The van der Waals surface area contributed by atoms with Gasteiger partial charge in [0.1, 0.15) is 4.88 Å². The van der Waals surface area contributed by atoms with Gasteiger partial charge in [0.25, 0.3) is 0 Å². The van der Waals surface area contributed by atoms with Crippen LogP contribution in [0.4, 0.5) is 0 Å². The Morgan fingerprint density at radius 1 is 1.56 bits per heavy atom. The second kappa shape index (κ2) is 4.64. The summed E-state index contributed by atoms with van der Waals surface area (Å²) in [7, 11) is -2.02. The summed E-state index contributed by atoms with van der Waals surface area (Å²) in [4.78, 5) is 10.9. The maximum absolute atomic E-state index is 12.3. The first kappa shape index (κ1) is 13.5. The Labute approximate surface area is 110 Å². The Kier molecular flexibility index (Phi) is 3.48. The van der Waals surface area contributed by atoms with Gasteiger partial charge in [-0.2, -0.15) is 4.31 Å². The van der Waals surface area contributed by atoms with Crippen LogP contribution in [0.3, 0.4) is 0 Å². The van der Waals surface area contributed by atoms with Crippen molar-refractivity contribution in [1.82, 2.24) is 4.31 Å². The number of nitrogens with zero attached hydrogens (tertiary/aromatic N) is 1. The molecule has 2 rings (SSSR count). The zero-order valence-electron chi connectivity index (χ0n) is 10.2. The molecule has 18 heavy (non-hydrogen) atoms. The number of carboxylic acids is 1. The van der Waals surface area contributed by atoms with E-state index in [0.717, 1.165) is 24.2 Å². The Hall–Kier alpha value is -0.920. The molecule has 7 heteroatoms. The van der Waals surface area contributed by atoms with Crippen LogP contribution < -0.4 is 0 Å². The van der Waals surface area contributed by atoms with Gasteiger partial charge in [0.2, 0.25) is 10.0 Å². The lowest BCUT2D eigenvalue weighted by Gasteiger charge is -2.23. The van der Waals surface area contributed by atoms with Crippen molar-refractivity contribution in [2.24, 2.45) is 5.92 Å². The van der Waals surface area contributed by atoms with Crippen LogP contribution >= 0.6 is 11.3 Å². The monoisotopic (exact) mass is 289 g/mol. The highest BCUT2D eigenvalue weighted by Gasteiger charge is 2.36. The predicted octanol–water partition coefficient (Wildman–Crippen LogP) is 1.87. The number of hydrogen-bond donors (Lipinski definition) is 1. The van der Waals surface area contributed by atoms with Crippen LogP contribution in [-0.2, 0) is 10.0 Å². The topological polar surface area (TPSA) is 74.7 Å². The van der Waals surface area contributed by atoms with E-state index in [9.17, 15) is 13.2 Å². The smallest absolute Gasteiger partial charge is 0.345 e. The minimum atomic E-state index is -3.58. The summed E-state index contributed by atoms with van der Waals surface area (Å²) >= 11 is 0.932. The standard InChI is InChI=1S/C11H15NO4S2/c1-7(8-3-4-8)12(2)18(15,16)9-5-10(11(13)14)17-6-9/h5-8H,3-4H2,1-2H3,(H,13,14). The van der Waals surface area contributed by atoms with Gasteiger partial charge in [0, 0.05) is 18.5 Å². The molecule has 0 amide bonds. The summed E-state index contributed by atoms with van der Waals surface area (Å²) in [5.41, 5.74) is 0. The van der Waals surface area contributed by atoms with E-state index >= 15 is 0 Å². The lowest BCUT2D eigenvalue weighted by atomic mass is 10.2. The molecular formula is C11H15NO4S2. The van der Waals surface area contributed by atoms with Crippen LogP contribution in [0.25, 0.3) is 0 Å². The van der Waals surface area contributed by atoms with E-state index in [2.05, 4.69) is 0 Å². The van der Waals surface area contributed by atoms with Crippen molar-refractivity contribution in [1.29, 1.82) is 0 Å². The molecule has 1 atom stereocenters. The largest absolute Gasteiger partial charge is 0.477 e. The van der Waals surface area contributed by atoms with Crippen LogP contribution in [-0.4, -0.2) is 36.9 Å². The number of aromatic carboxylic acids is 1. The highest BCUT2D eigenvalue weighted by atomic mass is 32.2. The zero-order chi connectivity index (χ0) is 13.5. The Morgan fingerprint density at radius 3 is 2.61 bits per heavy atom. The van der Waals surface area contributed by atoms with Gasteiger partial charge in [0.15, 0.2) is 0 Å². The molecule has 1 aliphatic carbocycles. The summed E-state index contributed by atoms with van der Waals surface area (Å²) in [5, 5.41) is 10.2. The van der Waals surface area contributed by atoms with E-state index < -0.39 is 16.0 Å². The van der Waals surface area contributed by atoms with E-state index in [1.165, 1.54) is 15.8 Å². The van der Waals surface area contributed by atoms with Gasteiger partial charge >= 0.3 is 5.97 Å². The van der Waals surface area contributed by atoms with E-state index in [1.807, 2.05) is 6.92 Å². The number of rotatable bonds is 5. The van der Waals surface area contributed by atoms with E-state index in [1.54, 1.807) is 7.05 Å². The third kappa shape index (κ3) is 2.43. The summed E-state index contributed by atoms with van der Waals surface area (Å²) in [6.45, 7) is 1.89. The molecule has 1 saturated carbocycles. The molecule has 1 aliphatic rings. The number of thiophene rings is 1. The molecule has 100 valence electrons. The Morgan fingerprint density at radius 2 is 2.17 bits per heavy atom. The molecule has 0 radical (unpaired) electrons. The fourth-order valence-corrected chi connectivity index (χ4v) is 4.35. The first-order valence-electron chi connectivity index (χ1n) is 5.64. The van der Waals surface area contributed by atoms with Crippen molar-refractivity contribution >= 4 is 27.3 Å². The summed E-state index contributed by atoms with van der Waals surface area (Å²) < 4.78 is 25.9. The normalized spacial score (nSPS) is 17.9. The van der Waals surface area contributed by atoms with Gasteiger partial charge in [0.05, 0.1) is 4.90 Å². The second-order valence-electron chi connectivity index (χ2n) is 4.55. The van der Waals surface area contributed by atoms with Gasteiger partial charge in [-0.1, -0.05) is 0 Å². The molecule has 1 aromatic rings. The minimum Gasteiger partial charge on any atom is -0.477 e. The average Bonchev–Trinajstić information content (AvgIpc) is 3.02. The molecule has 1 heterocycles. The van der Waals surface area contributed by atoms with Crippen LogP contribution in [0.5, 0.6) is 0 Å². The predicted molar refractivity (Wildman–Crippen MR) is 68.4 cm³/mol. The number of hydrogen-bond acceptors (Lipinski definition) is 4. The second-order valence-corrected chi connectivity index (χ2v) is 7.46. The maximum atomic E-state index is 12.3. The molecule has 1 unspecified atom stereocenters. The van der Waals surface area contributed by atoms with Crippen molar-refractivity contribution in [3.8, 4) is 0 Å². The first-order valence-corrected chi connectivity index (χ1v) is 7.96. The van der Waals surface area contributed by atoms with Crippen LogP contribution in [0.1, 0.15) is 29.4 Å². The molecule has 1 N–H and O–H groups in total. The summed E-state index contributed by atoms with van der Waals surface area (Å²) in [6, 6.07) is 1.18. The third-order valence-electron chi connectivity index (χ3n) is 3.34. The SMILES string of the molecule is CC(C1CC1)N(C)S(=O)(=O)c1csc(C(=O)O)c1. The van der Waals surface area contributed by atoms with Gasteiger partial charge in [-0.15, -0.1) is 11.3 Å². The van der Waals surface area contributed by atoms with Gasteiger partial charge in [-0.3, -0.25) is 0 Å². The van der Waals surface area contributed by atoms with Crippen LogP contribution in [0.2, 0.25) is 0 Å². The number of carbonyl (C=O) groups is 1. The molecule has 0 spiro atoms. The highest BCUT2D eigenvalue weighted by Crippen LogP contribution is 2.36. The maximum Gasteiger partial charge on any atom is 0.345 e. The van der Waals surface area contributed by atoms with Crippen molar-refractivity contribution in [2.45, 2.75) is 30.7 Å².